The molecule has 3 heterocycles. The fourth-order valence-electron chi connectivity index (χ4n) is 5.27. The van der Waals surface area contributed by atoms with E-state index >= 15 is 0 Å². The Hall–Kier alpha value is -4.42. The van der Waals surface area contributed by atoms with Crippen LogP contribution in [-0.2, 0) is 4.74 Å². The van der Waals surface area contributed by atoms with E-state index in [0.29, 0.717) is 60.4 Å². The van der Waals surface area contributed by atoms with Crippen LogP contribution in [0.15, 0.2) is 54.9 Å². The largest absolute Gasteiger partial charge is 0.383 e. The monoisotopic (exact) mass is 576 g/mol. The third-order valence-corrected chi connectivity index (χ3v) is 7.43. The van der Waals surface area contributed by atoms with Gasteiger partial charge in [-0.1, -0.05) is 30.3 Å². The second-order valence-electron chi connectivity index (χ2n) is 10.5. The summed E-state index contributed by atoms with van der Waals surface area (Å²) in [4.78, 5) is 26.2. The molecule has 10 nitrogen and oxygen atoms in total. The number of aryl methyl sites for hydroxylation is 1. The van der Waals surface area contributed by atoms with Crippen molar-refractivity contribution in [1.29, 1.82) is 0 Å². The van der Waals surface area contributed by atoms with Crippen LogP contribution in [-0.4, -0.2) is 84.6 Å². The summed E-state index contributed by atoms with van der Waals surface area (Å²) in [6.45, 7) is 4.22. The van der Waals surface area contributed by atoms with Gasteiger partial charge in [-0.05, 0) is 35.7 Å². The Bertz CT molecular complexity index is 1540. The highest BCUT2D eigenvalue weighted by molar-refractivity contribution is 5.97. The van der Waals surface area contributed by atoms with Crippen molar-refractivity contribution >= 4 is 17.8 Å². The smallest absolute Gasteiger partial charge is 0.320 e. The number of nitrogens with zero attached hydrogens (tertiary/aromatic N) is 5. The number of methoxy groups -OCH3 is 1. The van der Waals surface area contributed by atoms with Gasteiger partial charge < -0.3 is 15.0 Å². The van der Waals surface area contributed by atoms with Crippen molar-refractivity contribution < 1.29 is 18.3 Å². The molecule has 12 heteroatoms. The van der Waals surface area contributed by atoms with Gasteiger partial charge >= 0.3 is 6.03 Å². The summed E-state index contributed by atoms with van der Waals surface area (Å²) >= 11 is 0. The zero-order valence-corrected chi connectivity index (χ0v) is 24.0. The topological polar surface area (TPSA) is 111 Å². The lowest BCUT2D eigenvalue weighted by atomic mass is 9.94. The molecule has 42 heavy (non-hydrogen) atoms. The number of rotatable bonds is 9. The van der Waals surface area contributed by atoms with E-state index in [-0.39, 0.29) is 12.0 Å². The third kappa shape index (κ3) is 6.24. The summed E-state index contributed by atoms with van der Waals surface area (Å²) in [7, 11) is 5.35. The van der Waals surface area contributed by atoms with E-state index in [4.69, 9.17) is 4.74 Å². The molecule has 0 bridgehead atoms. The van der Waals surface area contributed by atoms with E-state index in [1.54, 1.807) is 25.6 Å². The van der Waals surface area contributed by atoms with Gasteiger partial charge in [0.05, 0.1) is 23.9 Å². The molecular formula is C30H34F2N8O2. The molecule has 1 saturated heterocycles. The predicted octanol–water partition coefficient (Wildman–Crippen LogP) is 4.42. The number of benzene rings is 2. The quantitative estimate of drug-likeness (QED) is 0.271. The lowest BCUT2D eigenvalue weighted by Gasteiger charge is -2.21. The highest BCUT2D eigenvalue weighted by Gasteiger charge is 2.35. The number of aromatic nitrogens is 4. The Labute approximate surface area is 243 Å². The Balaban J connectivity index is 1.42. The van der Waals surface area contributed by atoms with Crippen molar-refractivity contribution in [2.75, 3.05) is 57.7 Å². The highest BCUT2D eigenvalue weighted by Crippen LogP contribution is 2.37. The summed E-state index contributed by atoms with van der Waals surface area (Å²) in [5, 5.41) is 13.5. The fraction of sp³-hybridized carbons (Fsp3) is 0.333. The van der Waals surface area contributed by atoms with Crippen molar-refractivity contribution in [3.8, 4) is 22.4 Å². The van der Waals surface area contributed by atoms with E-state index in [9.17, 15) is 13.6 Å². The fourth-order valence-corrected chi connectivity index (χ4v) is 5.27. The minimum Gasteiger partial charge on any atom is -0.383 e. The Morgan fingerprint density at radius 3 is 2.57 bits per heavy atom. The van der Waals surface area contributed by atoms with Gasteiger partial charge in [-0.3, -0.25) is 15.3 Å². The van der Waals surface area contributed by atoms with Gasteiger partial charge in [0.25, 0.3) is 0 Å². The maximum atomic E-state index is 14.1. The van der Waals surface area contributed by atoms with E-state index in [0.717, 1.165) is 17.2 Å². The number of nitrogens with one attached hydrogen (secondary N) is 3. The van der Waals surface area contributed by atoms with Crippen LogP contribution in [0.4, 0.5) is 25.3 Å². The number of hydrogen-bond acceptors (Lipinski definition) is 7. The van der Waals surface area contributed by atoms with Crippen LogP contribution in [0.1, 0.15) is 17.0 Å². The number of urea groups is 1. The van der Waals surface area contributed by atoms with Gasteiger partial charge in [0.1, 0.15) is 0 Å². The molecule has 1 fully saturated rings. The molecule has 2 atom stereocenters. The molecular weight excluding hydrogens is 542 g/mol. The van der Waals surface area contributed by atoms with E-state index in [1.807, 2.05) is 50.2 Å². The molecule has 5 rings (SSSR count). The number of H-pyrrole nitrogens is 1. The first-order valence-corrected chi connectivity index (χ1v) is 13.6. The Kier molecular flexibility index (Phi) is 8.74. The van der Waals surface area contributed by atoms with Gasteiger partial charge in [-0.15, -0.1) is 0 Å². The normalized spacial score (nSPS) is 16.9. The second-order valence-corrected chi connectivity index (χ2v) is 10.5. The second kappa shape index (κ2) is 12.6. The predicted molar refractivity (Wildman–Crippen MR) is 157 cm³/mol. The summed E-state index contributed by atoms with van der Waals surface area (Å²) < 4.78 is 33.0. The van der Waals surface area contributed by atoms with Crippen LogP contribution in [0, 0.1) is 18.6 Å². The van der Waals surface area contributed by atoms with Gasteiger partial charge in [0.2, 0.25) is 5.95 Å². The molecule has 1 aliphatic heterocycles. The van der Waals surface area contributed by atoms with Gasteiger partial charge in [-0.25, -0.2) is 23.5 Å². The summed E-state index contributed by atoms with van der Waals surface area (Å²) in [6, 6.07) is 10.9. The number of amides is 2. The number of likely N-dealkylation sites (tertiary alicyclic amines) is 1. The minimum absolute atomic E-state index is 0.249. The molecule has 2 aromatic heterocycles. The van der Waals surface area contributed by atoms with E-state index in [2.05, 4.69) is 35.7 Å². The van der Waals surface area contributed by atoms with Crippen molar-refractivity contribution in [2.45, 2.75) is 18.9 Å². The van der Waals surface area contributed by atoms with Crippen LogP contribution < -0.4 is 15.5 Å². The van der Waals surface area contributed by atoms with Crippen molar-refractivity contribution in [2.24, 2.45) is 0 Å². The number of carbonyl (C=O) groups excluding carboxylic acids is 1. The molecule has 0 spiro atoms. The highest BCUT2D eigenvalue weighted by atomic mass is 19.2. The van der Waals surface area contributed by atoms with Gasteiger partial charge in [0.15, 0.2) is 17.5 Å². The maximum absolute atomic E-state index is 14.1. The standard InChI is InChI=1S/C30H34F2N8O2/c1-18-7-5-6-8-21(18)26-27(20-14-33-29(34-15-20)39(2)3)37-38-28(26)36-30(41)35-25-17-40(11-12-42-4)16-22(25)19-9-10-23(31)24(32)13-19/h5-10,13-15,22,25H,11-12,16-17H2,1-4H3,(H3,35,36,37,38,41)/t22-,25+/m0/s1. The molecule has 3 N–H and O–H groups in total. The van der Waals surface area contributed by atoms with Crippen molar-refractivity contribution in [3.63, 3.8) is 0 Å². The van der Waals surface area contributed by atoms with E-state index in [1.165, 1.54) is 6.07 Å². The summed E-state index contributed by atoms with van der Waals surface area (Å²) in [6.07, 6.45) is 3.42. The molecule has 0 radical (unpaired) electrons. The van der Waals surface area contributed by atoms with Crippen molar-refractivity contribution in [3.05, 3.63) is 77.6 Å². The number of ether oxygens (including phenoxy) is 1. The van der Waals surface area contributed by atoms with Gasteiger partial charge in [0, 0.05) is 64.7 Å². The molecule has 0 unspecified atom stereocenters. The number of aromatic amines is 1. The Morgan fingerprint density at radius 2 is 1.88 bits per heavy atom. The van der Waals surface area contributed by atoms with Crippen LogP contribution >= 0.6 is 0 Å². The first kappa shape index (κ1) is 29.1. The number of halogens is 2. The third-order valence-electron chi connectivity index (χ3n) is 7.43. The van der Waals surface area contributed by atoms with Crippen LogP contribution in [0.3, 0.4) is 0 Å². The Morgan fingerprint density at radius 1 is 1.12 bits per heavy atom. The first-order valence-electron chi connectivity index (χ1n) is 13.6. The molecule has 220 valence electrons. The lowest BCUT2D eigenvalue weighted by Crippen LogP contribution is -2.42. The van der Waals surface area contributed by atoms with Crippen molar-refractivity contribution in [1.82, 2.24) is 30.4 Å². The lowest BCUT2D eigenvalue weighted by molar-refractivity contribution is 0.159. The number of hydrogen-bond donors (Lipinski definition) is 3. The number of anilines is 2. The molecule has 0 aliphatic carbocycles. The zero-order valence-electron chi connectivity index (χ0n) is 24.0. The minimum atomic E-state index is -0.916. The first-order chi connectivity index (χ1) is 20.2. The zero-order chi connectivity index (χ0) is 29.8. The van der Waals surface area contributed by atoms with Gasteiger partial charge in [-0.2, -0.15) is 5.10 Å². The molecule has 2 aromatic carbocycles. The molecule has 4 aromatic rings. The van der Waals surface area contributed by atoms with E-state index < -0.39 is 17.7 Å². The number of carbonyl (C=O) groups is 1. The summed E-state index contributed by atoms with van der Waals surface area (Å²) in [5.41, 5.74) is 4.58. The molecule has 2 amide bonds. The summed E-state index contributed by atoms with van der Waals surface area (Å²) in [5.74, 6) is -1.16. The van der Waals surface area contributed by atoms with Crippen LogP contribution in [0.2, 0.25) is 0 Å². The van der Waals surface area contributed by atoms with Crippen LogP contribution in [0.5, 0.6) is 0 Å². The average Bonchev–Trinajstić information content (AvgIpc) is 3.57. The maximum Gasteiger partial charge on any atom is 0.320 e. The van der Waals surface area contributed by atoms with Crippen LogP contribution in [0.25, 0.3) is 22.4 Å². The molecule has 1 aliphatic rings. The molecule has 0 saturated carbocycles. The average molecular weight is 577 g/mol. The SMILES string of the molecule is COCCN1C[C@@H](NC(=O)Nc2n[nH]c(-c3cnc(N(C)C)nc3)c2-c2ccccc2C)[C@H](c2ccc(F)c(F)c2)C1.